The number of benzene rings is 1. The van der Waals surface area contributed by atoms with E-state index in [0.29, 0.717) is 0 Å². The molecule has 1 aromatic rings. The number of hydrogen-bond acceptors (Lipinski definition) is 3. The predicted molar refractivity (Wildman–Crippen MR) is 82.3 cm³/mol. The maximum absolute atomic E-state index is 11.9. The van der Waals surface area contributed by atoms with Gasteiger partial charge in [-0.15, -0.1) is 0 Å². The van der Waals surface area contributed by atoms with Gasteiger partial charge in [0.25, 0.3) is 0 Å². The van der Waals surface area contributed by atoms with Crippen LogP contribution in [0, 0.1) is 0 Å². The molecular weight excluding hydrogens is 250 g/mol. The molecule has 0 saturated heterocycles. The first kappa shape index (κ1) is 4.99. The first-order valence-electron chi connectivity index (χ1n) is 13.4. The lowest BCUT2D eigenvalue weighted by Gasteiger charge is -2.40. The molecule has 20 heavy (non-hydrogen) atoms. The van der Waals surface area contributed by atoms with E-state index in [4.69, 9.17) is 23.9 Å². The van der Waals surface area contributed by atoms with E-state index in [1.54, 1.807) is 0 Å². The number of aliphatic hydroxyl groups is 1. The molecule has 1 N–H and O–H groups in total. The van der Waals surface area contributed by atoms with Crippen LogP contribution in [0.5, 0.6) is 5.75 Å². The van der Waals surface area contributed by atoms with Gasteiger partial charge in [-0.1, -0.05) is 31.2 Å². The van der Waals surface area contributed by atoms with Crippen molar-refractivity contribution < 1.29 is 30.4 Å². The summed E-state index contributed by atoms with van der Waals surface area (Å²) in [5.74, 6) is -3.87. The minimum Gasteiger partial charge on any atom is -0.497 e. The third kappa shape index (κ3) is 3.53. The summed E-state index contributed by atoms with van der Waals surface area (Å²) in [4.78, 5) is 1.11. The van der Waals surface area contributed by atoms with Gasteiger partial charge in [-0.05, 0) is 44.5 Å². The summed E-state index contributed by atoms with van der Waals surface area (Å²) >= 11 is 0. The lowest BCUT2D eigenvalue weighted by molar-refractivity contribution is -0.0277. The molecule has 1 fully saturated rings. The zero-order valence-electron chi connectivity index (χ0n) is 26.5. The Morgan fingerprint density at radius 2 is 1.95 bits per heavy atom. The maximum atomic E-state index is 11.9. The topological polar surface area (TPSA) is 32.7 Å². The molecule has 112 valence electrons. The van der Waals surface area contributed by atoms with Gasteiger partial charge >= 0.3 is 0 Å². The van der Waals surface area contributed by atoms with Crippen molar-refractivity contribution >= 4 is 0 Å². The fourth-order valence-electron chi connectivity index (χ4n) is 1.70. The summed E-state index contributed by atoms with van der Waals surface area (Å²) < 4.78 is 130. The summed E-state index contributed by atoms with van der Waals surface area (Å²) in [6.45, 7) is -0.930. The van der Waals surface area contributed by atoms with Gasteiger partial charge in [-0.2, -0.15) is 0 Å². The highest BCUT2D eigenvalue weighted by molar-refractivity contribution is 5.31. The molecule has 1 aliphatic rings. The van der Waals surface area contributed by atoms with E-state index < -0.39 is 85.4 Å². The van der Waals surface area contributed by atoms with Crippen molar-refractivity contribution in [3.8, 4) is 5.75 Å². The minimum atomic E-state index is -4.10. The van der Waals surface area contributed by atoms with Gasteiger partial charge in [0.1, 0.15) is 5.75 Å². The second-order valence-electron chi connectivity index (χ2n) is 4.46. The molecule has 1 saturated carbocycles. The molecule has 0 spiro atoms. The van der Waals surface area contributed by atoms with Crippen LogP contribution in [-0.2, 0) is 0 Å². The molecule has 0 radical (unpaired) electrons. The molecule has 1 aliphatic carbocycles. The first-order chi connectivity index (χ1) is 15.4. The second kappa shape index (κ2) is 6.59. The quantitative estimate of drug-likeness (QED) is 0.905. The third-order valence-electron chi connectivity index (χ3n) is 2.63. The molecule has 3 heteroatoms. The standard InChI is InChI=1S/C17H27NO2/c1-18(2)13-16(17(19)11-5-4-6-12-17)14-7-9-15(20-3)10-8-14/h7-10,16,19H,4-6,11-13H2,1-3H3/i4D2,5D2,6D2,7D,8D,9D,10D,11D2,12D2,16D. The van der Waals surface area contributed by atoms with E-state index in [1.165, 1.54) is 14.1 Å². The van der Waals surface area contributed by atoms with E-state index in [9.17, 15) is 6.48 Å². The predicted octanol–water partition coefficient (Wildman–Crippen LogP) is 3.04. The van der Waals surface area contributed by atoms with Gasteiger partial charge in [-0.3, -0.25) is 0 Å². The lowest BCUT2D eigenvalue weighted by Crippen LogP contribution is -2.42. The Bertz CT molecular complexity index is 966. The Hall–Kier alpha value is -1.06. The molecule has 1 aromatic carbocycles. The van der Waals surface area contributed by atoms with Crippen LogP contribution in [0.15, 0.2) is 24.2 Å². The maximum Gasteiger partial charge on any atom is 0.118 e. The van der Waals surface area contributed by atoms with Crippen molar-refractivity contribution in [3.63, 3.8) is 0 Å². The molecule has 3 nitrogen and oxygen atoms in total. The molecule has 0 aromatic heterocycles. The molecule has 2 rings (SSSR count). The van der Waals surface area contributed by atoms with E-state index >= 15 is 0 Å². The van der Waals surface area contributed by atoms with Crippen molar-refractivity contribution in [1.82, 2.24) is 4.90 Å². The average Bonchev–Trinajstić information content (AvgIpc) is 2.70. The summed E-state index contributed by atoms with van der Waals surface area (Å²) in [5.41, 5.74) is -5.14. The number of likely N-dealkylation sites (N-methyl/N-ethyl adjacent to an activating group) is 1. The van der Waals surface area contributed by atoms with Crippen molar-refractivity contribution in [2.45, 2.75) is 43.4 Å². The van der Waals surface area contributed by atoms with E-state index in [2.05, 4.69) is 0 Å². The lowest BCUT2D eigenvalue weighted by atomic mass is 9.72. The molecule has 1 unspecified atom stereocenters. The monoisotopic (exact) mass is 292 g/mol. The van der Waals surface area contributed by atoms with Crippen LogP contribution in [0.1, 0.15) is 63.9 Å². The number of methoxy groups -OCH3 is 1. The van der Waals surface area contributed by atoms with Crippen molar-refractivity contribution in [3.05, 3.63) is 29.7 Å². The fraction of sp³-hybridized carbons (Fsp3) is 0.647. The smallest absolute Gasteiger partial charge is 0.118 e. The van der Waals surface area contributed by atoms with Crippen LogP contribution in [-0.4, -0.2) is 43.4 Å². The summed E-state index contributed by atoms with van der Waals surface area (Å²) in [6.07, 6.45) is -19.8. The molecule has 0 heterocycles. The largest absolute Gasteiger partial charge is 0.497 e. The first-order valence-corrected chi connectivity index (χ1v) is 5.90. The molecular formula is C17H27NO2. The van der Waals surface area contributed by atoms with Gasteiger partial charge in [0.05, 0.1) is 18.2 Å². The van der Waals surface area contributed by atoms with Gasteiger partial charge < -0.3 is 14.7 Å². The molecule has 0 aliphatic heterocycles. The van der Waals surface area contributed by atoms with Gasteiger partial charge in [0, 0.05) is 27.5 Å². The van der Waals surface area contributed by atoms with Crippen LogP contribution < -0.4 is 4.74 Å². The molecule has 0 bridgehead atoms. The Balaban J connectivity index is 3.23. The van der Waals surface area contributed by atoms with Gasteiger partial charge in [-0.25, -0.2) is 0 Å². The van der Waals surface area contributed by atoms with Crippen molar-refractivity contribution in [2.24, 2.45) is 0 Å². The normalized spacial score (nSPS) is 45.0. The third-order valence-corrected chi connectivity index (χ3v) is 2.63. The van der Waals surface area contributed by atoms with Crippen LogP contribution in [0.2, 0.25) is 0 Å². The number of nitrogens with zero attached hydrogens (tertiary/aromatic N) is 1. The van der Waals surface area contributed by atoms with Gasteiger partial charge in [0.2, 0.25) is 0 Å². The van der Waals surface area contributed by atoms with Crippen LogP contribution in [0.3, 0.4) is 0 Å². The van der Waals surface area contributed by atoms with Crippen LogP contribution in [0.4, 0.5) is 0 Å². The van der Waals surface area contributed by atoms with Crippen LogP contribution in [0.25, 0.3) is 0 Å². The molecule has 0 amide bonds. The minimum absolute atomic E-state index is 0.556. The van der Waals surface area contributed by atoms with E-state index in [0.717, 1.165) is 12.0 Å². The zero-order chi connectivity index (χ0) is 28.0. The Labute approximate surface area is 143 Å². The number of ether oxygens (including phenoxy) is 1. The van der Waals surface area contributed by atoms with E-state index in [-0.39, 0.29) is 0 Å². The highest BCUT2D eigenvalue weighted by Gasteiger charge is 2.38. The Morgan fingerprint density at radius 1 is 1.35 bits per heavy atom. The highest BCUT2D eigenvalue weighted by Crippen LogP contribution is 2.40. The SMILES string of the molecule is [2H]c1c([2H])c(C([2H])(CN(C)C)C2(O)C([2H])([2H])C([2H])([2H])C([2H])([2H])C([2H])([2H])C2([2H])[2H])c([2H])c([2H])c1OC. The zero-order valence-corrected chi connectivity index (χ0v) is 11.5. The van der Waals surface area contributed by atoms with E-state index in [1.807, 2.05) is 0 Å². The molecule has 1 atom stereocenters. The Kier molecular flexibility index (Phi) is 1.65. The number of rotatable bonds is 5. The second-order valence-corrected chi connectivity index (χ2v) is 4.46. The fourth-order valence-corrected chi connectivity index (χ4v) is 1.70. The van der Waals surface area contributed by atoms with Crippen molar-refractivity contribution in [1.29, 1.82) is 0 Å². The summed E-state index contributed by atoms with van der Waals surface area (Å²) in [6, 6.07) is -3.73. The van der Waals surface area contributed by atoms with Crippen molar-refractivity contribution in [2.75, 3.05) is 27.7 Å². The summed E-state index contributed by atoms with van der Waals surface area (Å²) in [7, 11) is 3.64. The highest BCUT2D eigenvalue weighted by atomic mass is 16.5. The summed E-state index contributed by atoms with van der Waals surface area (Å²) in [5, 5.41) is 11.9. The average molecular weight is 292 g/mol. The number of hydrogen-bond donors (Lipinski definition) is 1. The van der Waals surface area contributed by atoms with Gasteiger partial charge in [0.15, 0.2) is 0 Å². The van der Waals surface area contributed by atoms with Crippen LogP contribution >= 0.6 is 0 Å². The Morgan fingerprint density at radius 3 is 2.45 bits per heavy atom.